The number of halogens is 2. The van der Waals surface area contributed by atoms with E-state index in [2.05, 4.69) is 4.98 Å². The van der Waals surface area contributed by atoms with Gasteiger partial charge in [-0.2, -0.15) is 0 Å². The van der Waals surface area contributed by atoms with Crippen molar-refractivity contribution in [1.29, 1.82) is 0 Å². The summed E-state index contributed by atoms with van der Waals surface area (Å²) in [5.74, 6) is 0.600. The van der Waals surface area contributed by atoms with E-state index in [1.165, 1.54) is 0 Å². The Bertz CT molecular complexity index is 335. The van der Waals surface area contributed by atoms with E-state index >= 15 is 0 Å². The maximum atomic E-state index is 13.0. The molecule has 2 N–H and O–H groups in total. The highest BCUT2D eigenvalue weighted by atomic mass is 19.2. The molecule has 1 saturated heterocycles. The van der Waals surface area contributed by atoms with Crippen molar-refractivity contribution >= 4 is 5.82 Å². The van der Waals surface area contributed by atoms with Gasteiger partial charge in [-0.05, 0) is 6.07 Å². The number of alkyl halides is 2. The Labute approximate surface area is 86.9 Å². The Hall–Kier alpha value is -1.23. The second kappa shape index (κ2) is 4.10. The van der Waals surface area contributed by atoms with E-state index in [4.69, 9.17) is 5.73 Å². The highest BCUT2D eigenvalue weighted by molar-refractivity contribution is 5.48. The first-order chi connectivity index (χ1) is 7.22. The van der Waals surface area contributed by atoms with Crippen molar-refractivity contribution in [1.82, 2.24) is 4.98 Å². The molecular formula is C10H13F2N3. The first-order valence-corrected chi connectivity index (χ1v) is 4.89. The van der Waals surface area contributed by atoms with E-state index in [9.17, 15) is 8.78 Å². The van der Waals surface area contributed by atoms with Crippen LogP contribution in [0, 0.1) is 0 Å². The maximum Gasteiger partial charge on any atom is 0.150 e. The van der Waals surface area contributed by atoms with Gasteiger partial charge in [0.1, 0.15) is 5.82 Å². The van der Waals surface area contributed by atoms with Crippen LogP contribution in [0.4, 0.5) is 14.6 Å². The lowest BCUT2D eigenvalue weighted by molar-refractivity contribution is 0.217. The third kappa shape index (κ3) is 1.92. The van der Waals surface area contributed by atoms with Crippen LogP contribution in [0.2, 0.25) is 0 Å². The zero-order valence-electron chi connectivity index (χ0n) is 8.24. The molecule has 5 heteroatoms. The minimum atomic E-state index is -1.42. The fraction of sp³-hybridized carbons (Fsp3) is 0.500. The van der Waals surface area contributed by atoms with E-state index in [1.54, 1.807) is 17.2 Å². The molecule has 2 atom stereocenters. The summed E-state index contributed by atoms with van der Waals surface area (Å²) in [5, 5.41) is 0. The predicted octanol–water partition coefficient (Wildman–Crippen LogP) is 1.04. The summed E-state index contributed by atoms with van der Waals surface area (Å²) in [4.78, 5) is 5.72. The molecule has 1 fully saturated rings. The van der Waals surface area contributed by atoms with Gasteiger partial charge in [0, 0.05) is 18.3 Å². The van der Waals surface area contributed by atoms with Crippen LogP contribution in [0.1, 0.15) is 5.56 Å². The largest absolute Gasteiger partial charge is 0.350 e. The van der Waals surface area contributed by atoms with Gasteiger partial charge in [0.25, 0.3) is 0 Å². The first-order valence-electron chi connectivity index (χ1n) is 4.89. The molecule has 1 aliphatic rings. The van der Waals surface area contributed by atoms with Gasteiger partial charge in [0.15, 0.2) is 12.3 Å². The smallest absolute Gasteiger partial charge is 0.150 e. The molecule has 0 aromatic carbocycles. The number of anilines is 1. The summed E-state index contributed by atoms with van der Waals surface area (Å²) in [5.41, 5.74) is 6.35. The fourth-order valence-electron chi connectivity index (χ4n) is 1.77. The van der Waals surface area contributed by atoms with Gasteiger partial charge in [-0.3, -0.25) is 0 Å². The van der Waals surface area contributed by atoms with Gasteiger partial charge < -0.3 is 10.6 Å². The molecule has 0 amide bonds. The second-order valence-electron chi connectivity index (χ2n) is 3.63. The van der Waals surface area contributed by atoms with Crippen molar-refractivity contribution in [2.75, 3.05) is 18.0 Å². The number of nitrogens with zero attached hydrogens (tertiary/aromatic N) is 2. The summed E-state index contributed by atoms with van der Waals surface area (Å²) in [7, 11) is 0. The van der Waals surface area contributed by atoms with Crippen LogP contribution >= 0.6 is 0 Å². The number of hydrogen-bond acceptors (Lipinski definition) is 3. The Morgan fingerprint density at radius 1 is 1.40 bits per heavy atom. The van der Waals surface area contributed by atoms with Crippen molar-refractivity contribution in [3.8, 4) is 0 Å². The van der Waals surface area contributed by atoms with E-state index in [-0.39, 0.29) is 13.1 Å². The number of pyridine rings is 1. The second-order valence-corrected chi connectivity index (χ2v) is 3.63. The molecular weight excluding hydrogens is 200 g/mol. The average Bonchev–Trinajstić information content (AvgIpc) is 2.59. The third-order valence-corrected chi connectivity index (χ3v) is 2.57. The zero-order valence-corrected chi connectivity index (χ0v) is 8.24. The van der Waals surface area contributed by atoms with Gasteiger partial charge in [-0.1, -0.05) is 6.07 Å². The number of hydrogen-bond donors (Lipinski definition) is 1. The molecule has 2 heterocycles. The topological polar surface area (TPSA) is 42.1 Å². The van der Waals surface area contributed by atoms with Gasteiger partial charge in [0.05, 0.1) is 13.1 Å². The van der Waals surface area contributed by atoms with E-state index in [1.807, 2.05) is 6.07 Å². The first kappa shape index (κ1) is 10.3. The Balaban J connectivity index is 2.23. The van der Waals surface area contributed by atoms with Crippen LogP contribution in [-0.2, 0) is 6.54 Å². The number of rotatable bonds is 2. The maximum absolute atomic E-state index is 13.0. The summed E-state index contributed by atoms with van der Waals surface area (Å²) in [6, 6.07) is 3.59. The minimum Gasteiger partial charge on any atom is -0.350 e. The van der Waals surface area contributed by atoms with Crippen LogP contribution in [0.3, 0.4) is 0 Å². The van der Waals surface area contributed by atoms with E-state index in [0.29, 0.717) is 12.4 Å². The molecule has 0 radical (unpaired) electrons. The van der Waals surface area contributed by atoms with Crippen LogP contribution in [0.25, 0.3) is 0 Å². The van der Waals surface area contributed by atoms with Crippen LogP contribution < -0.4 is 10.6 Å². The van der Waals surface area contributed by atoms with Gasteiger partial charge in [-0.15, -0.1) is 0 Å². The van der Waals surface area contributed by atoms with Crippen molar-refractivity contribution in [2.24, 2.45) is 5.73 Å². The number of nitrogens with two attached hydrogens (primary N) is 1. The van der Waals surface area contributed by atoms with Gasteiger partial charge in [-0.25, -0.2) is 13.8 Å². The summed E-state index contributed by atoms with van der Waals surface area (Å²) < 4.78 is 26.0. The third-order valence-electron chi connectivity index (χ3n) is 2.57. The lowest BCUT2D eigenvalue weighted by atomic mass is 10.2. The van der Waals surface area contributed by atoms with Crippen molar-refractivity contribution in [3.63, 3.8) is 0 Å². The lowest BCUT2D eigenvalue weighted by Crippen LogP contribution is -2.23. The highest BCUT2D eigenvalue weighted by Gasteiger charge is 2.34. The monoisotopic (exact) mass is 213 g/mol. The number of aromatic nitrogens is 1. The van der Waals surface area contributed by atoms with Crippen LogP contribution in [0.15, 0.2) is 18.3 Å². The normalized spacial score (nSPS) is 25.9. The SMILES string of the molecule is NCc1cccnc1N1CC(F)C(F)C1. The van der Waals surface area contributed by atoms with Crippen molar-refractivity contribution in [3.05, 3.63) is 23.9 Å². The molecule has 15 heavy (non-hydrogen) atoms. The average molecular weight is 213 g/mol. The molecule has 3 nitrogen and oxygen atoms in total. The molecule has 2 unspecified atom stereocenters. The van der Waals surface area contributed by atoms with Crippen molar-refractivity contribution in [2.45, 2.75) is 18.9 Å². The summed E-state index contributed by atoms with van der Waals surface area (Å²) >= 11 is 0. The minimum absolute atomic E-state index is 0.0607. The molecule has 0 bridgehead atoms. The van der Waals surface area contributed by atoms with Crippen molar-refractivity contribution < 1.29 is 8.78 Å². The predicted molar refractivity (Wildman–Crippen MR) is 54.1 cm³/mol. The molecule has 0 aliphatic carbocycles. The molecule has 1 aromatic heterocycles. The summed E-state index contributed by atoms with van der Waals surface area (Å²) in [6.45, 7) is 0.448. The molecule has 0 saturated carbocycles. The van der Waals surface area contributed by atoms with Crippen LogP contribution in [0.5, 0.6) is 0 Å². The van der Waals surface area contributed by atoms with E-state index < -0.39 is 12.3 Å². The molecule has 82 valence electrons. The fourth-order valence-corrected chi connectivity index (χ4v) is 1.77. The quantitative estimate of drug-likeness (QED) is 0.798. The van der Waals surface area contributed by atoms with Crippen LogP contribution in [-0.4, -0.2) is 30.4 Å². The standard InChI is InChI=1S/C10H13F2N3/c11-8-5-15(6-9(8)12)10-7(4-13)2-1-3-14-10/h1-3,8-9H,4-6,13H2. The molecule has 1 aromatic rings. The van der Waals surface area contributed by atoms with E-state index in [0.717, 1.165) is 5.56 Å². The summed E-state index contributed by atoms with van der Waals surface area (Å²) in [6.07, 6.45) is -1.23. The molecule has 1 aliphatic heterocycles. The highest BCUT2D eigenvalue weighted by Crippen LogP contribution is 2.24. The lowest BCUT2D eigenvalue weighted by Gasteiger charge is -2.18. The Morgan fingerprint density at radius 2 is 2.07 bits per heavy atom. The van der Waals surface area contributed by atoms with Gasteiger partial charge in [0.2, 0.25) is 0 Å². The molecule has 2 rings (SSSR count). The Kier molecular flexibility index (Phi) is 2.81. The molecule has 0 spiro atoms. The zero-order chi connectivity index (χ0) is 10.8. The van der Waals surface area contributed by atoms with Gasteiger partial charge >= 0.3 is 0 Å². The Morgan fingerprint density at radius 3 is 2.67 bits per heavy atom.